The average molecular weight is 548 g/mol. The molecule has 5 rings (SSSR count). The summed E-state index contributed by atoms with van der Waals surface area (Å²) in [7, 11) is 0. The van der Waals surface area contributed by atoms with Crippen LogP contribution < -0.4 is 5.32 Å². The third-order valence-corrected chi connectivity index (χ3v) is 8.04. The van der Waals surface area contributed by atoms with Gasteiger partial charge in [0.15, 0.2) is 5.16 Å². The normalized spacial score (nSPS) is 14.4. The number of amides is 2. The molecular weight excluding hydrogens is 518 g/mol. The molecule has 7 nitrogen and oxygen atoms in total. The number of fused-ring (bicyclic) bond motifs is 1. The Balaban J connectivity index is 1.27. The highest BCUT2D eigenvalue weighted by Gasteiger charge is 2.23. The van der Waals surface area contributed by atoms with Crippen LogP contribution >= 0.6 is 23.4 Å². The van der Waals surface area contributed by atoms with Gasteiger partial charge in [0.2, 0.25) is 5.91 Å². The van der Waals surface area contributed by atoms with Gasteiger partial charge in [0.1, 0.15) is 6.04 Å². The van der Waals surface area contributed by atoms with E-state index in [1.165, 1.54) is 5.56 Å². The maximum Gasteiger partial charge on any atom is 0.251 e. The van der Waals surface area contributed by atoms with E-state index >= 15 is 0 Å². The van der Waals surface area contributed by atoms with Crippen LogP contribution in [0.15, 0.2) is 72.1 Å². The molecule has 0 aliphatic carbocycles. The number of halogens is 1. The Morgan fingerprint density at radius 3 is 2.45 bits per heavy atom. The first kappa shape index (κ1) is 26.3. The zero-order chi connectivity index (χ0) is 26.5. The molecule has 1 aliphatic rings. The van der Waals surface area contributed by atoms with Gasteiger partial charge in [0.05, 0.1) is 23.8 Å². The van der Waals surface area contributed by atoms with Crippen LogP contribution in [0.5, 0.6) is 0 Å². The number of carbonyl (C=O) groups excluding carboxylic acids is 2. The predicted octanol–water partition coefficient (Wildman–Crippen LogP) is 5.56. The van der Waals surface area contributed by atoms with E-state index in [0.717, 1.165) is 64.9 Å². The number of likely N-dealkylation sites (tertiary alicyclic amines) is 1. The van der Waals surface area contributed by atoms with Crippen molar-refractivity contribution >= 4 is 46.2 Å². The van der Waals surface area contributed by atoms with Crippen molar-refractivity contribution in [1.82, 2.24) is 24.8 Å². The van der Waals surface area contributed by atoms with Gasteiger partial charge in [0.25, 0.3) is 5.91 Å². The van der Waals surface area contributed by atoms with Crippen molar-refractivity contribution in [2.24, 2.45) is 0 Å². The number of imidazole rings is 1. The molecular formula is C29H30ClN5O2S. The Bertz CT molecular complexity index is 1420. The average Bonchev–Trinajstić information content (AvgIpc) is 3.30. The van der Waals surface area contributed by atoms with Crippen LogP contribution in [0.3, 0.4) is 0 Å². The molecule has 9 heteroatoms. The molecule has 1 fully saturated rings. The molecule has 4 aromatic rings. The Morgan fingerprint density at radius 1 is 1.00 bits per heavy atom. The number of benzene rings is 2. The zero-order valence-corrected chi connectivity index (χ0v) is 22.8. The van der Waals surface area contributed by atoms with Crippen LogP contribution in [-0.2, 0) is 17.1 Å². The zero-order valence-electron chi connectivity index (χ0n) is 21.3. The van der Waals surface area contributed by atoms with Crippen LogP contribution in [0.2, 0.25) is 5.02 Å². The minimum atomic E-state index is -0.551. The largest absolute Gasteiger partial charge is 0.341 e. The van der Waals surface area contributed by atoms with Crippen LogP contribution in [0.25, 0.3) is 11.0 Å². The summed E-state index contributed by atoms with van der Waals surface area (Å²) >= 11 is 7.69. The Morgan fingerprint density at radius 2 is 1.71 bits per heavy atom. The highest BCUT2D eigenvalue weighted by atomic mass is 35.5. The van der Waals surface area contributed by atoms with Gasteiger partial charge in [-0.25, -0.2) is 4.98 Å². The quantitative estimate of drug-likeness (QED) is 0.292. The first-order chi connectivity index (χ1) is 18.5. The number of carbonyl (C=O) groups is 2. The second-order valence-electron chi connectivity index (χ2n) is 9.54. The maximum atomic E-state index is 12.8. The molecule has 0 radical (unpaired) electrons. The van der Waals surface area contributed by atoms with Gasteiger partial charge in [-0.3, -0.25) is 14.6 Å². The molecule has 0 spiro atoms. The van der Waals surface area contributed by atoms with Crippen molar-refractivity contribution in [2.45, 2.75) is 49.7 Å². The van der Waals surface area contributed by atoms with Gasteiger partial charge in [-0.05, 0) is 67.6 Å². The molecule has 2 aromatic heterocycles. The SMILES string of the molecule is CC(NC(=O)c1ccc(Cn2c(SCc3ccc(Cl)cc3)nc3ccncc32)cc1)C(=O)N1CCCCC1. The number of thioether (sulfide) groups is 1. The van der Waals surface area contributed by atoms with Crippen LogP contribution in [0, 0.1) is 0 Å². The molecule has 1 N–H and O–H groups in total. The van der Waals surface area contributed by atoms with Crippen molar-refractivity contribution in [1.29, 1.82) is 0 Å². The molecule has 1 saturated heterocycles. The van der Waals surface area contributed by atoms with Crippen molar-refractivity contribution < 1.29 is 9.59 Å². The van der Waals surface area contributed by atoms with E-state index in [2.05, 4.69) is 14.9 Å². The standard InChI is InChI=1S/C29H30ClN5O2S/c1-20(28(37)34-15-3-2-4-16-34)32-27(36)23-9-5-21(6-10-23)18-35-26-17-31-14-13-25(26)33-29(35)38-19-22-7-11-24(30)12-8-22/h5-14,17,20H,2-4,15-16,18-19H2,1H3,(H,32,36). The molecule has 1 aliphatic heterocycles. The van der Waals surface area contributed by atoms with E-state index in [1.807, 2.05) is 53.6 Å². The minimum Gasteiger partial charge on any atom is -0.341 e. The van der Waals surface area contributed by atoms with E-state index in [4.69, 9.17) is 16.6 Å². The van der Waals surface area contributed by atoms with Crippen molar-refractivity contribution in [3.05, 3.63) is 88.7 Å². The van der Waals surface area contributed by atoms with Gasteiger partial charge in [0, 0.05) is 35.6 Å². The number of aromatic nitrogens is 3. The van der Waals surface area contributed by atoms with E-state index in [-0.39, 0.29) is 11.8 Å². The summed E-state index contributed by atoms with van der Waals surface area (Å²) in [6.45, 7) is 3.89. The molecule has 196 valence electrons. The second-order valence-corrected chi connectivity index (χ2v) is 10.9. The van der Waals surface area contributed by atoms with Gasteiger partial charge < -0.3 is 14.8 Å². The monoisotopic (exact) mass is 547 g/mol. The maximum absolute atomic E-state index is 12.8. The highest BCUT2D eigenvalue weighted by molar-refractivity contribution is 7.98. The van der Waals surface area contributed by atoms with Gasteiger partial charge in [-0.1, -0.05) is 47.6 Å². The Labute approximate surface area is 231 Å². The fraction of sp³-hybridized carbons (Fsp3) is 0.310. The minimum absolute atomic E-state index is 0.0149. The molecule has 3 heterocycles. The van der Waals surface area contributed by atoms with Gasteiger partial charge >= 0.3 is 0 Å². The third kappa shape index (κ3) is 6.19. The van der Waals surface area contributed by atoms with Gasteiger partial charge in [-0.15, -0.1) is 0 Å². The molecule has 2 amide bonds. The number of rotatable bonds is 8. The molecule has 1 unspecified atom stereocenters. The molecule has 2 aromatic carbocycles. The Hall–Kier alpha value is -3.36. The van der Waals surface area contributed by atoms with E-state index in [1.54, 1.807) is 37.0 Å². The van der Waals surface area contributed by atoms with Crippen molar-refractivity contribution in [2.75, 3.05) is 13.1 Å². The summed E-state index contributed by atoms with van der Waals surface area (Å²) in [6.07, 6.45) is 6.79. The smallest absolute Gasteiger partial charge is 0.251 e. The molecule has 1 atom stereocenters. The van der Waals surface area contributed by atoms with E-state index in [0.29, 0.717) is 12.1 Å². The summed E-state index contributed by atoms with van der Waals surface area (Å²) in [5, 5.41) is 4.48. The van der Waals surface area contributed by atoms with E-state index < -0.39 is 6.04 Å². The summed E-state index contributed by atoms with van der Waals surface area (Å²) in [5.74, 6) is 0.506. The lowest BCUT2D eigenvalue weighted by Gasteiger charge is -2.29. The number of pyridine rings is 1. The lowest BCUT2D eigenvalue weighted by atomic mass is 10.1. The Kier molecular flexibility index (Phi) is 8.29. The predicted molar refractivity (Wildman–Crippen MR) is 151 cm³/mol. The summed E-state index contributed by atoms with van der Waals surface area (Å²) in [6, 6.07) is 16.7. The number of nitrogens with zero attached hydrogens (tertiary/aromatic N) is 4. The van der Waals surface area contributed by atoms with E-state index in [9.17, 15) is 9.59 Å². The third-order valence-electron chi connectivity index (χ3n) is 6.74. The van der Waals surface area contributed by atoms with Crippen LogP contribution in [0.1, 0.15) is 47.7 Å². The lowest BCUT2D eigenvalue weighted by Crippen LogP contribution is -2.48. The highest BCUT2D eigenvalue weighted by Crippen LogP contribution is 2.28. The summed E-state index contributed by atoms with van der Waals surface area (Å²) < 4.78 is 2.15. The number of hydrogen-bond donors (Lipinski definition) is 1. The molecule has 0 bridgehead atoms. The van der Waals surface area contributed by atoms with Crippen molar-refractivity contribution in [3.8, 4) is 0 Å². The fourth-order valence-corrected chi connectivity index (χ4v) is 5.71. The van der Waals surface area contributed by atoms with Crippen LogP contribution in [0.4, 0.5) is 0 Å². The number of nitrogens with one attached hydrogen (secondary N) is 1. The fourth-order valence-electron chi connectivity index (χ4n) is 4.61. The first-order valence-electron chi connectivity index (χ1n) is 12.8. The van der Waals surface area contributed by atoms with Gasteiger partial charge in [-0.2, -0.15) is 0 Å². The lowest BCUT2D eigenvalue weighted by molar-refractivity contribution is -0.133. The second kappa shape index (κ2) is 12.0. The first-order valence-corrected chi connectivity index (χ1v) is 14.2. The number of hydrogen-bond acceptors (Lipinski definition) is 5. The molecule has 38 heavy (non-hydrogen) atoms. The topological polar surface area (TPSA) is 80.1 Å². The van der Waals surface area contributed by atoms with Crippen molar-refractivity contribution in [3.63, 3.8) is 0 Å². The summed E-state index contributed by atoms with van der Waals surface area (Å²) in [4.78, 5) is 36.5. The summed E-state index contributed by atoms with van der Waals surface area (Å²) in [5.41, 5.74) is 4.58. The molecule has 0 saturated carbocycles. The number of piperidine rings is 1. The van der Waals surface area contributed by atoms with Crippen LogP contribution in [-0.4, -0.2) is 50.4 Å².